The molecule has 2 aliphatic carbocycles. The number of hydrogen-bond donors (Lipinski definition) is 0. The molecule has 0 aromatic heterocycles. The largest absolute Gasteiger partial charge is 0.468 e. The zero-order valence-electron chi connectivity index (χ0n) is 17.6. The second-order valence-corrected chi connectivity index (χ2v) is 8.46. The molecule has 1 heterocycles. The number of rotatable bonds is 3. The Labute approximate surface area is 176 Å². The van der Waals surface area contributed by atoms with Crippen molar-refractivity contribution in [2.75, 3.05) is 27.4 Å². The summed E-state index contributed by atoms with van der Waals surface area (Å²) in [5.41, 5.74) is 0.398. The van der Waals surface area contributed by atoms with E-state index in [2.05, 4.69) is 6.92 Å². The first-order valence-electron chi connectivity index (χ1n) is 10.5. The summed E-state index contributed by atoms with van der Waals surface area (Å²) < 4.78 is 21.8. The summed E-state index contributed by atoms with van der Waals surface area (Å²) in [6.07, 6.45) is 2.24. The molecule has 162 valence electrons. The van der Waals surface area contributed by atoms with Crippen LogP contribution in [0.25, 0.3) is 0 Å². The highest BCUT2D eigenvalue weighted by molar-refractivity contribution is 6.05. The number of ketones is 1. The molecule has 1 aromatic carbocycles. The van der Waals surface area contributed by atoms with Gasteiger partial charge < -0.3 is 18.9 Å². The zero-order valence-corrected chi connectivity index (χ0v) is 17.6. The minimum atomic E-state index is -0.842. The molecule has 4 rings (SSSR count). The van der Waals surface area contributed by atoms with Crippen molar-refractivity contribution in [2.24, 2.45) is 17.8 Å². The average Bonchev–Trinajstić information content (AvgIpc) is 3.26. The lowest BCUT2D eigenvalue weighted by Crippen LogP contribution is -2.61. The average molecular weight is 416 g/mol. The Balaban J connectivity index is 1.78. The van der Waals surface area contributed by atoms with Crippen LogP contribution >= 0.6 is 0 Å². The van der Waals surface area contributed by atoms with Gasteiger partial charge in [0.25, 0.3) is 0 Å². The first-order chi connectivity index (χ1) is 14.4. The maximum atomic E-state index is 13.8. The van der Waals surface area contributed by atoms with Gasteiger partial charge in [-0.2, -0.15) is 0 Å². The normalized spacial score (nSPS) is 32.5. The molecule has 3 fully saturated rings. The van der Waals surface area contributed by atoms with Crippen molar-refractivity contribution in [1.29, 1.82) is 0 Å². The van der Waals surface area contributed by atoms with Gasteiger partial charge in [0, 0.05) is 12.3 Å². The van der Waals surface area contributed by atoms with Gasteiger partial charge in [0.05, 0.1) is 38.4 Å². The summed E-state index contributed by atoms with van der Waals surface area (Å²) in [5.74, 6) is -2.52. The summed E-state index contributed by atoms with van der Waals surface area (Å²) in [4.78, 5) is 38.1. The Bertz CT molecular complexity index is 840. The molecule has 0 bridgehead atoms. The summed E-state index contributed by atoms with van der Waals surface area (Å²) in [7, 11) is 2.65. The third kappa shape index (κ3) is 2.98. The Kier molecular flexibility index (Phi) is 5.45. The fourth-order valence-corrected chi connectivity index (χ4v) is 5.88. The van der Waals surface area contributed by atoms with E-state index in [9.17, 15) is 14.4 Å². The summed E-state index contributed by atoms with van der Waals surface area (Å²) in [6, 6.07) is 7.00. The molecular weight excluding hydrogens is 388 g/mol. The Hall–Kier alpha value is -2.25. The smallest absolute Gasteiger partial charge is 0.337 e. The zero-order chi connectivity index (χ0) is 21.5. The van der Waals surface area contributed by atoms with Crippen LogP contribution in [0.5, 0.6) is 0 Å². The van der Waals surface area contributed by atoms with Crippen molar-refractivity contribution in [3.63, 3.8) is 0 Å². The second kappa shape index (κ2) is 7.78. The molecule has 2 saturated carbocycles. The monoisotopic (exact) mass is 416 g/mol. The van der Waals surface area contributed by atoms with Crippen molar-refractivity contribution >= 4 is 17.7 Å². The summed E-state index contributed by atoms with van der Waals surface area (Å²) in [5, 5.41) is 0. The maximum Gasteiger partial charge on any atom is 0.337 e. The fourth-order valence-electron chi connectivity index (χ4n) is 5.88. The molecule has 3 aliphatic rings. The Morgan fingerprint density at radius 3 is 2.27 bits per heavy atom. The van der Waals surface area contributed by atoms with Crippen LogP contribution in [0.2, 0.25) is 0 Å². The third-order valence-corrected chi connectivity index (χ3v) is 7.40. The molecule has 0 N–H and O–H groups in total. The number of methoxy groups -OCH3 is 2. The number of esters is 2. The number of carbonyl (C=O) groups excluding carboxylic acids is 3. The van der Waals surface area contributed by atoms with E-state index < -0.39 is 29.1 Å². The predicted molar refractivity (Wildman–Crippen MR) is 106 cm³/mol. The van der Waals surface area contributed by atoms with E-state index in [1.165, 1.54) is 14.2 Å². The topological polar surface area (TPSA) is 88.1 Å². The van der Waals surface area contributed by atoms with Crippen molar-refractivity contribution in [3.05, 3.63) is 35.4 Å². The highest BCUT2D eigenvalue weighted by Crippen LogP contribution is 2.58. The third-order valence-electron chi connectivity index (χ3n) is 7.40. The van der Waals surface area contributed by atoms with Gasteiger partial charge in [-0.3, -0.25) is 9.59 Å². The number of hydrogen-bond acceptors (Lipinski definition) is 7. The lowest BCUT2D eigenvalue weighted by molar-refractivity contribution is -0.236. The molecule has 0 amide bonds. The van der Waals surface area contributed by atoms with Crippen LogP contribution in [0.3, 0.4) is 0 Å². The second-order valence-electron chi connectivity index (χ2n) is 8.46. The van der Waals surface area contributed by atoms with Crippen LogP contribution in [-0.2, 0) is 34.0 Å². The molecule has 0 radical (unpaired) electrons. The highest BCUT2D eigenvalue weighted by atomic mass is 16.7. The molecule has 1 aliphatic heterocycles. The molecule has 1 spiro atoms. The van der Waals surface area contributed by atoms with Gasteiger partial charge >= 0.3 is 11.9 Å². The minimum absolute atomic E-state index is 0.0171. The van der Waals surface area contributed by atoms with Gasteiger partial charge in [-0.1, -0.05) is 19.1 Å². The number of carbonyl (C=O) groups is 3. The maximum absolute atomic E-state index is 13.8. The van der Waals surface area contributed by atoms with E-state index in [1.54, 1.807) is 12.1 Å². The molecule has 1 unspecified atom stereocenters. The molecule has 1 saturated heterocycles. The Morgan fingerprint density at radius 2 is 1.67 bits per heavy atom. The van der Waals surface area contributed by atoms with Gasteiger partial charge in [-0.25, -0.2) is 4.79 Å². The van der Waals surface area contributed by atoms with Gasteiger partial charge in [0.15, 0.2) is 11.6 Å². The molecule has 7 nitrogen and oxygen atoms in total. The van der Waals surface area contributed by atoms with Gasteiger partial charge in [-0.15, -0.1) is 0 Å². The van der Waals surface area contributed by atoms with E-state index in [0.29, 0.717) is 44.5 Å². The van der Waals surface area contributed by atoms with Crippen molar-refractivity contribution < 1.29 is 33.3 Å². The minimum Gasteiger partial charge on any atom is -0.468 e. The quantitative estimate of drug-likeness (QED) is 0.553. The first kappa shape index (κ1) is 21.0. The van der Waals surface area contributed by atoms with Crippen LogP contribution in [0.15, 0.2) is 24.3 Å². The SMILES string of the molecule is COC(=O)c1ccc([C@]23CCC4(OCCO4)[C@@H](C)[C@@H]2CCC(C(=O)OC)C3=O)cc1. The number of ether oxygens (including phenoxy) is 4. The first-order valence-corrected chi connectivity index (χ1v) is 10.5. The van der Waals surface area contributed by atoms with E-state index in [4.69, 9.17) is 18.9 Å². The van der Waals surface area contributed by atoms with Crippen LogP contribution in [-0.4, -0.2) is 50.9 Å². The molecule has 4 atom stereocenters. The van der Waals surface area contributed by atoms with Crippen LogP contribution < -0.4 is 0 Å². The van der Waals surface area contributed by atoms with Gasteiger partial charge in [-0.05, 0) is 42.9 Å². The van der Waals surface area contributed by atoms with Crippen molar-refractivity contribution in [2.45, 2.75) is 43.8 Å². The van der Waals surface area contributed by atoms with E-state index in [1.807, 2.05) is 12.1 Å². The van der Waals surface area contributed by atoms with Crippen LogP contribution in [0, 0.1) is 17.8 Å². The van der Waals surface area contributed by atoms with E-state index >= 15 is 0 Å². The van der Waals surface area contributed by atoms with Crippen LogP contribution in [0.4, 0.5) is 0 Å². The Morgan fingerprint density at radius 1 is 1.00 bits per heavy atom. The fraction of sp³-hybridized carbons (Fsp3) is 0.609. The summed E-state index contributed by atoms with van der Waals surface area (Å²) in [6.45, 7) is 3.19. The lowest BCUT2D eigenvalue weighted by atomic mass is 9.50. The van der Waals surface area contributed by atoms with E-state index in [-0.39, 0.29) is 17.6 Å². The number of benzene rings is 1. The molecular formula is C23H28O7. The van der Waals surface area contributed by atoms with Crippen molar-refractivity contribution in [3.8, 4) is 0 Å². The van der Waals surface area contributed by atoms with Gasteiger partial charge in [0.2, 0.25) is 0 Å². The van der Waals surface area contributed by atoms with Crippen molar-refractivity contribution in [1.82, 2.24) is 0 Å². The summed E-state index contributed by atoms with van der Waals surface area (Å²) >= 11 is 0. The molecule has 30 heavy (non-hydrogen) atoms. The molecule has 7 heteroatoms. The van der Waals surface area contributed by atoms with E-state index in [0.717, 1.165) is 5.56 Å². The standard InChI is InChI=1S/C23H28O7/c1-14-18-9-8-17(21(26)28-3)19(24)22(18,10-11-23(14)29-12-13-30-23)16-6-4-15(5-7-16)20(25)27-2/h4-7,14,17-18H,8-13H2,1-3H3/t14-,17?,18-,22+/m0/s1. The predicted octanol–water partition coefficient (Wildman–Crippen LogP) is 2.65. The number of Topliss-reactive ketones (excluding diaryl/α,β-unsaturated/α-hetero) is 1. The highest BCUT2D eigenvalue weighted by Gasteiger charge is 2.63. The van der Waals surface area contributed by atoms with Crippen LogP contribution in [0.1, 0.15) is 48.5 Å². The lowest BCUT2D eigenvalue weighted by Gasteiger charge is -2.55. The van der Waals surface area contributed by atoms with Gasteiger partial charge in [0.1, 0.15) is 5.92 Å². The molecule has 1 aromatic rings. The number of fused-ring (bicyclic) bond motifs is 1.